The zero-order valence-electron chi connectivity index (χ0n) is 22.9. The number of aryl methyl sites for hydroxylation is 1. The highest BCUT2D eigenvalue weighted by Crippen LogP contribution is 2.29. The Morgan fingerprint density at radius 2 is 1.62 bits per heavy atom. The molecule has 42 heavy (non-hydrogen) atoms. The summed E-state index contributed by atoms with van der Waals surface area (Å²) < 4.78 is 17.6. The van der Waals surface area contributed by atoms with Crippen LogP contribution < -0.4 is 4.72 Å². The molecule has 0 aliphatic carbocycles. The Labute approximate surface area is 263 Å². The predicted octanol–water partition coefficient (Wildman–Crippen LogP) is 9.14. The molecule has 0 spiro atoms. The van der Waals surface area contributed by atoms with Crippen LogP contribution in [-0.4, -0.2) is 28.1 Å². The summed E-state index contributed by atoms with van der Waals surface area (Å²) in [5.74, 6) is 0.404. The van der Waals surface area contributed by atoms with Gasteiger partial charge in [-0.25, -0.2) is 9.37 Å². The lowest BCUT2D eigenvalue weighted by molar-refractivity contribution is 0.0987. The molecule has 0 saturated carbocycles. The second kappa shape index (κ2) is 14.8. The summed E-state index contributed by atoms with van der Waals surface area (Å²) in [6.45, 7) is 3.66. The first kappa shape index (κ1) is 30.3. The zero-order valence-corrected chi connectivity index (χ0v) is 26.1. The lowest BCUT2D eigenvalue weighted by Gasteiger charge is -2.23. The van der Waals surface area contributed by atoms with Gasteiger partial charge < -0.3 is 0 Å². The van der Waals surface area contributed by atoms with Crippen molar-refractivity contribution in [3.63, 3.8) is 0 Å². The summed E-state index contributed by atoms with van der Waals surface area (Å²) in [6.07, 6.45) is 0. The van der Waals surface area contributed by atoms with E-state index in [2.05, 4.69) is 26.7 Å². The molecule has 4 aromatic carbocycles. The summed E-state index contributed by atoms with van der Waals surface area (Å²) in [4.78, 5) is 22.4. The standard InChI is InChI=1S/C33H29ClFN3OS3/c1-23-31(41-33(36-23)25-9-4-2-5-10-25)32(39)37-42-27-17-15-24(16-18-27)21-38(19-20-40-26-11-6-3-7-12-26)22-28-29(34)13-8-14-30(28)35/h2-18H,19-22H2,1H3,(H,37,39). The van der Waals surface area contributed by atoms with Crippen molar-refractivity contribution in [1.82, 2.24) is 14.6 Å². The largest absolute Gasteiger partial charge is 0.294 e. The van der Waals surface area contributed by atoms with Crippen molar-refractivity contribution >= 4 is 52.6 Å². The van der Waals surface area contributed by atoms with E-state index in [9.17, 15) is 9.18 Å². The van der Waals surface area contributed by atoms with E-state index in [0.29, 0.717) is 34.2 Å². The number of thiazole rings is 1. The third kappa shape index (κ3) is 8.24. The molecule has 1 aromatic heterocycles. The molecule has 0 atom stereocenters. The van der Waals surface area contributed by atoms with Crippen molar-refractivity contribution in [2.24, 2.45) is 0 Å². The number of halogens is 2. The van der Waals surface area contributed by atoms with E-state index in [-0.39, 0.29) is 11.7 Å². The van der Waals surface area contributed by atoms with E-state index in [4.69, 9.17) is 11.6 Å². The number of carbonyl (C=O) groups is 1. The molecule has 9 heteroatoms. The number of nitrogens with one attached hydrogen (secondary N) is 1. The van der Waals surface area contributed by atoms with Gasteiger partial charge in [-0.3, -0.25) is 14.4 Å². The van der Waals surface area contributed by atoms with E-state index >= 15 is 0 Å². The van der Waals surface area contributed by atoms with Crippen molar-refractivity contribution < 1.29 is 9.18 Å². The molecule has 5 rings (SSSR count). The van der Waals surface area contributed by atoms with Gasteiger partial charge in [-0.1, -0.05) is 78.3 Å². The highest BCUT2D eigenvalue weighted by Gasteiger charge is 2.17. The minimum Gasteiger partial charge on any atom is -0.294 e. The van der Waals surface area contributed by atoms with Crippen molar-refractivity contribution in [3.05, 3.63) is 136 Å². The fourth-order valence-corrected chi connectivity index (χ4v) is 7.09. The number of thioether (sulfide) groups is 1. The Kier molecular flexibility index (Phi) is 10.7. The zero-order chi connectivity index (χ0) is 29.3. The van der Waals surface area contributed by atoms with Gasteiger partial charge in [0, 0.05) is 51.3 Å². The summed E-state index contributed by atoms with van der Waals surface area (Å²) in [5, 5.41) is 1.27. The van der Waals surface area contributed by atoms with Gasteiger partial charge in [0.15, 0.2) is 0 Å². The van der Waals surface area contributed by atoms with Crippen LogP contribution >= 0.6 is 46.6 Å². The number of benzene rings is 4. The molecule has 4 nitrogen and oxygen atoms in total. The first-order valence-corrected chi connectivity index (χ1v) is 16.4. The number of carbonyl (C=O) groups excluding carboxylic acids is 1. The molecule has 0 saturated heterocycles. The first-order chi connectivity index (χ1) is 20.5. The van der Waals surface area contributed by atoms with Crippen LogP contribution in [0.3, 0.4) is 0 Å². The summed E-state index contributed by atoms with van der Waals surface area (Å²) in [5.41, 5.74) is 3.31. The third-order valence-corrected chi connectivity index (χ3v) is 9.82. The number of hydrogen-bond acceptors (Lipinski definition) is 6. The second-order valence-corrected chi connectivity index (χ2v) is 13.0. The average Bonchev–Trinajstić information content (AvgIpc) is 3.41. The maximum Gasteiger partial charge on any atom is 0.273 e. The van der Waals surface area contributed by atoms with Gasteiger partial charge >= 0.3 is 0 Å². The van der Waals surface area contributed by atoms with E-state index in [0.717, 1.165) is 33.3 Å². The molecule has 0 unspecified atom stereocenters. The molecule has 1 heterocycles. The SMILES string of the molecule is Cc1nc(-c2ccccc2)sc1C(=O)NSc1ccc(CN(CCSc2ccccc2)Cc2c(F)cccc2Cl)cc1. The van der Waals surface area contributed by atoms with Crippen LogP contribution in [0.4, 0.5) is 4.39 Å². The Bertz CT molecular complexity index is 1600. The number of rotatable bonds is 12. The molecular formula is C33H29ClFN3OS3. The molecule has 1 amide bonds. The van der Waals surface area contributed by atoms with E-state index < -0.39 is 0 Å². The highest BCUT2D eigenvalue weighted by molar-refractivity contribution is 7.99. The predicted molar refractivity (Wildman–Crippen MR) is 175 cm³/mol. The molecule has 0 bridgehead atoms. The van der Waals surface area contributed by atoms with Crippen LogP contribution in [0.2, 0.25) is 5.02 Å². The van der Waals surface area contributed by atoms with Crippen LogP contribution in [0, 0.1) is 12.7 Å². The average molecular weight is 634 g/mol. The van der Waals surface area contributed by atoms with Crippen LogP contribution in [0.25, 0.3) is 10.6 Å². The Balaban J connectivity index is 1.20. The lowest BCUT2D eigenvalue weighted by atomic mass is 10.1. The lowest BCUT2D eigenvalue weighted by Crippen LogP contribution is -2.26. The fraction of sp³-hybridized carbons (Fsp3) is 0.152. The van der Waals surface area contributed by atoms with Gasteiger partial charge in [-0.15, -0.1) is 23.1 Å². The Hall–Kier alpha value is -3.14. The van der Waals surface area contributed by atoms with E-state index in [1.54, 1.807) is 23.9 Å². The van der Waals surface area contributed by atoms with Crippen molar-refractivity contribution in [3.8, 4) is 10.6 Å². The van der Waals surface area contributed by atoms with Gasteiger partial charge in [0.25, 0.3) is 5.91 Å². The molecule has 214 valence electrons. The molecule has 0 aliphatic rings. The summed E-state index contributed by atoms with van der Waals surface area (Å²) in [6, 6.07) is 33.0. The molecular weight excluding hydrogens is 605 g/mol. The normalized spacial score (nSPS) is 11.1. The topological polar surface area (TPSA) is 45.2 Å². The van der Waals surface area contributed by atoms with Gasteiger partial charge in [0.05, 0.1) is 5.69 Å². The summed E-state index contributed by atoms with van der Waals surface area (Å²) in [7, 11) is 0. The number of aromatic nitrogens is 1. The highest BCUT2D eigenvalue weighted by atomic mass is 35.5. The number of amides is 1. The molecule has 5 aromatic rings. The molecule has 1 N–H and O–H groups in total. The van der Waals surface area contributed by atoms with Gasteiger partial charge in [0.2, 0.25) is 0 Å². The van der Waals surface area contributed by atoms with Gasteiger partial charge in [-0.2, -0.15) is 0 Å². The first-order valence-electron chi connectivity index (χ1n) is 13.4. The Morgan fingerprint density at radius 1 is 0.905 bits per heavy atom. The van der Waals surface area contributed by atoms with Crippen LogP contribution in [0.5, 0.6) is 0 Å². The molecule has 0 aliphatic heterocycles. The molecule has 0 fully saturated rings. The van der Waals surface area contributed by atoms with Crippen LogP contribution in [-0.2, 0) is 13.1 Å². The van der Waals surface area contributed by atoms with Crippen molar-refractivity contribution in [1.29, 1.82) is 0 Å². The summed E-state index contributed by atoms with van der Waals surface area (Å²) >= 11 is 10.8. The van der Waals surface area contributed by atoms with Crippen LogP contribution in [0.1, 0.15) is 26.5 Å². The monoisotopic (exact) mass is 633 g/mol. The number of hydrogen-bond donors (Lipinski definition) is 1. The van der Waals surface area contributed by atoms with E-state index in [1.807, 2.05) is 79.7 Å². The van der Waals surface area contributed by atoms with Crippen LogP contribution in [0.15, 0.2) is 113 Å². The minimum absolute atomic E-state index is 0.162. The van der Waals surface area contributed by atoms with Crippen molar-refractivity contribution in [2.45, 2.75) is 29.8 Å². The Morgan fingerprint density at radius 3 is 2.33 bits per heavy atom. The molecule has 0 radical (unpaired) electrons. The fourth-order valence-electron chi connectivity index (χ4n) is 4.31. The quantitative estimate of drug-likeness (QED) is 0.110. The maximum absolute atomic E-state index is 14.6. The van der Waals surface area contributed by atoms with Gasteiger partial charge in [-0.05, 0) is 60.8 Å². The minimum atomic E-state index is -0.294. The maximum atomic E-state index is 14.6. The van der Waals surface area contributed by atoms with Crippen molar-refractivity contribution in [2.75, 3.05) is 12.3 Å². The second-order valence-electron chi connectivity index (χ2n) is 9.55. The van der Waals surface area contributed by atoms with Gasteiger partial charge in [0.1, 0.15) is 15.7 Å². The van der Waals surface area contributed by atoms with E-state index in [1.165, 1.54) is 34.2 Å². The smallest absolute Gasteiger partial charge is 0.273 e. The third-order valence-electron chi connectivity index (χ3n) is 6.48. The number of nitrogens with zero attached hydrogens (tertiary/aromatic N) is 2.